The van der Waals surface area contributed by atoms with Crippen molar-refractivity contribution < 1.29 is 14.7 Å². The third-order valence-corrected chi connectivity index (χ3v) is 2.89. The number of nitrogens with one attached hydrogen (secondary N) is 1. The fourth-order valence-corrected chi connectivity index (χ4v) is 2.02. The number of carbonyl (C=O) groups is 2. The van der Waals surface area contributed by atoms with Crippen molar-refractivity contribution in [2.45, 2.75) is 39.0 Å². The maximum atomic E-state index is 11.7. The van der Waals surface area contributed by atoms with Crippen LogP contribution in [0.3, 0.4) is 0 Å². The van der Waals surface area contributed by atoms with Crippen LogP contribution in [-0.4, -0.2) is 23.5 Å². The first-order chi connectivity index (χ1) is 6.63. The van der Waals surface area contributed by atoms with Gasteiger partial charge in [0.2, 0.25) is 5.91 Å². The lowest BCUT2D eigenvalue weighted by atomic mass is 9.73. The third kappa shape index (κ3) is 1.89. The maximum Gasteiger partial charge on any atom is 0.319 e. The normalized spacial score (nSPS) is 20.1. The summed E-state index contributed by atoms with van der Waals surface area (Å²) >= 11 is 0. The first-order valence-corrected chi connectivity index (χ1v) is 5.15. The lowest BCUT2D eigenvalue weighted by Crippen LogP contribution is -2.47. The van der Waals surface area contributed by atoms with Gasteiger partial charge in [-0.1, -0.05) is 19.3 Å². The van der Waals surface area contributed by atoms with Crippen molar-refractivity contribution in [3.05, 3.63) is 0 Å². The Kier molecular flexibility index (Phi) is 3.49. The number of hydrogen-bond acceptors (Lipinski definition) is 2. The van der Waals surface area contributed by atoms with Crippen LogP contribution in [0.5, 0.6) is 0 Å². The highest BCUT2D eigenvalue weighted by Gasteiger charge is 2.46. The molecule has 4 heteroatoms. The van der Waals surface area contributed by atoms with E-state index in [2.05, 4.69) is 5.32 Å². The molecule has 0 aromatic heterocycles. The van der Waals surface area contributed by atoms with Crippen LogP contribution in [0.1, 0.15) is 39.0 Å². The molecule has 1 saturated carbocycles. The Hall–Kier alpha value is -1.06. The van der Waals surface area contributed by atoms with Crippen LogP contribution in [0.4, 0.5) is 0 Å². The van der Waals surface area contributed by atoms with E-state index in [1.54, 1.807) is 6.92 Å². The summed E-state index contributed by atoms with van der Waals surface area (Å²) in [5.74, 6) is -1.28. The van der Waals surface area contributed by atoms with Crippen molar-refractivity contribution in [2.24, 2.45) is 5.41 Å². The molecule has 1 aliphatic carbocycles. The van der Waals surface area contributed by atoms with Gasteiger partial charge in [0.05, 0.1) is 0 Å². The molecule has 0 spiro atoms. The van der Waals surface area contributed by atoms with E-state index in [9.17, 15) is 9.59 Å². The van der Waals surface area contributed by atoms with Gasteiger partial charge in [-0.15, -0.1) is 0 Å². The van der Waals surface area contributed by atoms with Crippen LogP contribution in [0.25, 0.3) is 0 Å². The van der Waals surface area contributed by atoms with Crippen LogP contribution in [0, 0.1) is 5.41 Å². The molecule has 14 heavy (non-hydrogen) atoms. The SMILES string of the molecule is CCNC(=O)C1(C(=O)O)CCCCC1. The van der Waals surface area contributed by atoms with Gasteiger partial charge in [0.1, 0.15) is 5.41 Å². The fourth-order valence-electron chi connectivity index (χ4n) is 2.02. The topological polar surface area (TPSA) is 66.4 Å². The number of carboxylic acids is 1. The van der Waals surface area contributed by atoms with E-state index in [0.717, 1.165) is 19.3 Å². The summed E-state index contributed by atoms with van der Waals surface area (Å²) in [5.41, 5.74) is -1.14. The zero-order chi connectivity index (χ0) is 10.6. The molecule has 0 unspecified atom stereocenters. The Bertz CT molecular complexity index is 232. The second-order valence-electron chi connectivity index (χ2n) is 3.81. The Balaban J connectivity index is 2.80. The summed E-state index contributed by atoms with van der Waals surface area (Å²) in [7, 11) is 0. The minimum absolute atomic E-state index is 0.313. The minimum Gasteiger partial charge on any atom is -0.480 e. The molecule has 0 aliphatic heterocycles. The lowest BCUT2D eigenvalue weighted by Gasteiger charge is -2.31. The van der Waals surface area contributed by atoms with E-state index >= 15 is 0 Å². The average Bonchev–Trinajstić information content (AvgIpc) is 2.19. The Labute approximate surface area is 83.7 Å². The number of hydrogen-bond donors (Lipinski definition) is 2. The number of rotatable bonds is 3. The number of carboxylic acid groups (broad SMARTS) is 1. The highest BCUT2D eigenvalue weighted by Crippen LogP contribution is 2.36. The van der Waals surface area contributed by atoms with Gasteiger partial charge in [0.15, 0.2) is 0 Å². The van der Waals surface area contributed by atoms with Gasteiger partial charge < -0.3 is 10.4 Å². The van der Waals surface area contributed by atoms with Gasteiger partial charge >= 0.3 is 5.97 Å². The highest BCUT2D eigenvalue weighted by molar-refractivity contribution is 6.01. The molecule has 0 atom stereocenters. The second kappa shape index (κ2) is 4.44. The largest absolute Gasteiger partial charge is 0.480 e. The maximum absolute atomic E-state index is 11.7. The van der Waals surface area contributed by atoms with Crippen molar-refractivity contribution in [3.63, 3.8) is 0 Å². The van der Waals surface area contributed by atoms with Crippen molar-refractivity contribution in [2.75, 3.05) is 6.54 Å². The summed E-state index contributed by atoms with van der Waals surface area (Å²) in [6.07, 6.45) is 3.67. The molecule has 1 rings (SSSR count). The standard InChI is InChI=1S/C10H17NO3/c1-2-11-8(12)10(9(13)14)6-4-3-5-7-10/h2-7H2,1H3,(H,11,12)(H,13,14). The molecule has 1 aliphatic rings. The molecule has 0 saturated heterocycles. The summed E-state index contributed by atoms with van der Waals surface area (Å²) in [5, 5.41) is 11.7. The smallest absolute Gasteiger partial charge is 0.319 e. The number of aliphatic carboxylic acids is 1. The molecular weight excluding hydrogens is 182 g/mol. The Morgan fingerprint density at radius 2 is 1.86 bits per heavy atom. The van der Waals surface area contributed by atoms with Crippen molar-refractivity contribution >= 4 is 11.9 Å². The van der Waals surface area contributed by atoms with E-state index in [1.807, 2.05) is 0 Å². The van der Waals surface area contributed by atoms with Crippen LogP contribution >= 0.6 is 0 Å². The molecule has 0 radical (unpaired) electrons. The zero-order valence-electron chi connectivity index (χ0n) is 8.51. The van der Waals surface area contributed by atoms with Crippen molar-refractivity contribution in [3.8, 4) is 0 Å². The molecule has 0 heterocycles. The third-order valence-electron chi connectivity index (χ3n) is 2.89. The van der Waals surface area contributed by atoms with Crippen molar-refractivity contribution in [1.82, 2.24) is 5.32 Å². The van der Waals surface area contributed by atoms with Gasteiger partial charge in [-0.05, 0) is 19.8 Å². The molecular formula is C10H17NO3. The van der Waals surface area contributed by atoms with E-state index in [1.165, 1.54) is 0 Å². The van der Waals surface area contributed by atoms with E-state index in [-0.39, 0.29) is 5.91 Å². The lowest BCUT2D eigenvalue weighted by molar-refractivity contribution is -0.158. The van der Waals surface area contributed by atoms with Gasteiger partial charge in [0, 0.05) is 6.54 Å². The fraction of sp³-hybridized carbons (Fsp3) is 0.800. The van der Waals surface area contributed by atoms with Crippen LogP contribution in [0.2, 0.25) is 0 Å². The van der Waals surface area contributed by atoms with Gasteiger partial charge in [-0.2, -0.15) is 0 Å². The minimum atomic E-state index is -1.14. The van der Waals surface area contributed by atoms with E-state index < -0.39 is 11.4 Å². The van der Waals surface area contributed by atoms with Gasteiger partial charge in [0.25, 0.3) is 0 Å². The first-order valence-electron chi connectivity index (χ1n) is 5.15. The quantitative estimate of drug-likeness (QED) is 0.670. The number of amides is 1. The molecule has 1 amide bonds. The van der Waals surface area contributed by atoms with Gasteiger partial charge in [-0.3, -0.25) is 9.59 Å². The van der Waals surface area contributed by atoms with Crippen LogP contribution in [0.15, 0.2) is 0 Å². The van der Waals surface area contributed by atoms with E-state index in [4.69, 9.17) is 5.11 Å². The predicted molar refractivity (Wildman–Crippen MR) is 51.8 cm³/mol. The summed E-state index contributed by atoms with van der Waals surface area (Å²) < 4.78 is 0. The monoisotopic (exact) mass is 199 g/mol. The molecule has 4 nitrogen and oxygen atoms in total. The summed E-state index contributed by atoms with van der Waals surface area (Å²) in [6, 6.07) is 0. The van der Waals surface area contributed by atoms with Crippen molar-refractivity contribution in [1.29, 1.82) is 0 Å². The van der Waals surface area contributed by atoms with E-state index in [0.29, 0.717) is 19.4 Å². The molecule has 0 aromatic rings. The first kappa shape index (κ1) is 11.0. The Morgan fingerprint density at radius 1 is 1.29 bits per heavy atom. The average molecular weight is 199 g/mol. The number of carbonyl (C=O) groups excluding carboxylic acids is 1. The molecule has 1 fully saturated rings. The molecule has 80 valence electrons. The predicted octanol–water partition coefficient (Wildman–Crippen LogP) is 1.16. The van der Waals surface area contributed by atoms with Crippen LogP contribution in [-0.2, 0) is 9.59 Å². The van der Waals surface area contributed by atoms with Crippen LogP contribution < -0.4 is 5.32 Å². The zero-order valence-corrected chi connectivity index (χ0v) is 8.51. The molecule has 2 N–H and O–H groups in total. The summed E-state index contributed by atoms with van der Waals surface area (Å²) in [6.45, 7) is 2.30. The highest BCUT2D eigenvalue weighted by atomic mass is 16.4. The Morgan fingerprint density at radius 3 is 2.29 bits per heavy atom. The van der Waals surface area contributed by atoms with Gasteiger partial charge in [-0.25, -0.2) is 0 Å². The molecule has 0 bridgehead atoms. The molecule has 0 aromatic carbocycles. The summed E-state index contributed by atoms with van der Waals surface area (Å²) in [4.78, 5) is 22.8. The second-order valence-corrected chi connectivity index (χ2v) is 3.81.